The van der Waals surface area contributed by atoms with Gasteiger partial charge in [-0.05, 0) is 11.0 Å². The highest BCUT2D eigenvalue weighted by molar-refractivity contribution is 5.35. The fourth-order valence-corrected chi connectivity index (χ4v) is 1.000. The fourth-order valence-electron chi connectivity index (χ4n) is 1.000. The molecule has 0 radical (unpaired) electrons. The van der Waals surface area contributed by atoms with Crippen LogP contribution in [0.2, 0.25) is 0 Å². The van der Waals surface area contributed by atoms with Crippen molar-refractivity contribution in [3.63, 3.8) is 0 Å². The highest BCUT2D eigenvalue weighted by Crippen LogP contribution is 2.23. The molecule has 0 saturated carbocycles. The first-order chi connectivity index (χ1) is 7.16. The van der Waals surface area contributed by atoms with Gasteiger partial charge in [0.05, 0.1) is 4.92 Å². The number of hydrogen-bond donors (Lipinski definition) is 0. The minimum Gasteiger partial charge on any atom is -0.258 e. The number of non-ortho nitro benzene ring substituents is 1. The van der Waals surface area contributed by atoms with E-state index in [0.717, 1.165) is 0 Å². The van der Waals surface area contributed by atoms with Crippen LogP contribution in [0.1, 0.15) is 30.4 Å². The molecule has 0 atom stereocenters. The predicted octanol–water partition coefficient (Wildman–Crippen LogP) is 2.89. The summed E-state index contributed by atoms with van der Waals surface area (Å²) in [7, 11) is 0. The molecule has 0 heterocycles. The van der Waals surface area contributed by atoms with Crippen LogP contribution in [0.5, 0.6) is 0 Å². The fraction of sp³-hybridized carbons (Fsp3) is 0.400. The Morgan fingerprint density at radius 1 is 1.38 bits per heavy atom. The Bertz CT molecular complexity index is 396. The molecule has 0 unspecified atom stereocenters. The molecule has 0 spiro atoms. The topological polar surface area (TPSA) is 43.1 Å². The van der Waals surface area contributed by atoms with Crippen molar-refractivity contribution in [2.75, 3.05) is 0 Å². The average molecular weight is 182 g/mol. The molecular formula is C10H13NO2. The first-order valence-electron chi connectivity index (χ1n) is 5.41. The molecule has 3 nitrogen and oxygen atoms in total. The highest BCUT2D eigenvalue weighted by atomic mass is 16.6. The molecule has 0 N–H and O–H groups in total. The molecule has 0 fully saturated rings. The molecule has 13 heavy (non-hydrogen) atoms. The summed E-state index contributed by atoms with van der Waals surface area (Å²) in [6, 6.07) is 5.63. The smallest absolute Gasteiger partial charge is 0.258 e. The van der Waals surface area contributed by atoms with Crippen LogP contribution in [0.3, 0.4) is 0 Å². The monoisotopic (exact) mass is 182 g/mol. The van der Waals surface area contributed by atoms with Crippen molar-refractivity contribution in [1.29, 1.82) is 0 Å². The molecule has 1 rings (SSSR count). The first kappa shape index (κ1) is 6.13. The lowest BCUT2D eigenvalue weighted by atomic mass is 9.87. The highest BCUT2D eigenvalue weighted by Gasteiger charge is 2.14. The molecule has 0 aliphatic rings. The summed E-state index contributed by atoms with van der Waals surface area (Å²) in [5.74, 6) is 0. The Morgan fingerprint density at radius 3 is 2.31 bits per heavy atom. The Balaban J connectivity index is 3.11. The Morgan fingerprint density at radius 2 is 1.92 bits per heavy atom. The van der Waals surface area contributed by atoms with Crippen molar-refractivity contribution < 1.29 is 9.04 Å². The first-order valence-corrected chi connectivity index (χ1v) is 3.91. The molecule has 0 aliphatic carbocycles. The number of nitrogens with zero attached hydrogens (tertiary/aromatic N) is 1. The van der Waals surface area contributed by atoms with Crippen molar-refractivity contribution >= 4 is 5.69 Å². The van der Waals surface area contributed by atoms with Crippen molar-refractivity contribution in [2.45, 2.75) is 26.1 Å². The SMILES string of the molecule is [2H]C([2H])([2H])C(C)(C)c1ccc([N+](=O)[O-])cc1. The Kier molecular flexibility index (Phi) is 1.49. The van der Waals surface area contributed by atoms with Crippen molar-refractivity contribution in [2.24, 2.45) is 0 Å². The van der Waals surface area contributed by atoms with E-state index in [9.17, 15) is 10.1 Å². The predicted molar refractivity (Wildman–Crippen MR) is 51.8 cm³/mol. The normalized spacial score (nSPS) is 15.7. The van der Waals surface area contributed by atoms with Crippen molar-refractivity contribution in [1.82, 2.24) is 0 Å². The van der Waals surface area contributed by atoms with Gasteiger partial charge in [-0.15, -0.1) is 0 Å². The van der Waals surface area contributed by atoms with Crippen LogP contribution in [-0.4, -0.2) is 4.92 Å². The summed E-state index contributed by atoms with van der Waals surface area (Å²) in [5, 5.41) is 10.5. The molecule has 0 aromatic heterocycles. The zero-order valence-corrected chi connectivity index (χ0v) is 7.57. The summed E-state index contributed by atoms with van der Waals surface area (Å²) < 4.78 is 22.2. The maximum absolute atomic E-state index is 10.5. The van der Waals surface area contributed by atoms with E-state index < -0.39 is 17.2 Å². The summed E-state index contributed by atoms with van der Waals surface area (Å²) in [4.78, 5) is 9.95. The second kappa shape index (κ2) is 3.17. The Labute approximate surface area is 81.8 Å². The molecule has 70 valence electrons. The summed E-state index contributed by atoms with van der Waals surface area (Å²) in [6.45, 7) is 1.06. The van der Waals surface area contributed by atoms with E-state index in [4.69, 9.17) is 4.11 Å². The second-order valence-corrected chi connectivity index (χ2v) is 3.43. The van der Waals surface area contributed by atoms with Gasteiger partial charge in [-0.3, -0.25) is 10.1 Å². The maximum atomic E-state index is 10.5. The second-order valence-electron chi connectivity index (χ2n) is 3.43. The van der Waals surface area contributed by atoms with Gasteiger partial charge in [0.25, 0.3) is 5.69 Å². The molecule has 1 aromatic carbocycles. The summed E-state index contributed by atoms with van der Waals surface area (Å²) in [5.41, 5.74) is -0.481. The van der Waals surface area contributed by atoms with Gasteiger partial charge in [-0.25, -0.2) is 0 Å². The Hall–Kier alpha value is -1.38. The van der Waals surface area contributed by atoms with Crippen LogP contribution in [-0.2, 0) is 5.41 Å². The van der Waals surface area contributed by atoms with E-state index in [2.05, 4.69) is 0 Å². The van der Waals surface area contributed by atoms with Gasteiger partial charge < -0.3 is 0 Å². The quantitative estimate of drug-likeness (QED) is 0.495. The van der Waals surface area contributed by atoms with Crippen molar-refractivity contribution in [3.05, 3.63) is 39.9 Å². The molecule has 1 aromatic rings. The molecule has 0 amide bonds. The van der Waals surface area contributed by atoms with Crippen LogP contribution in [0, 0.1) is 10.1 Å². The number of nitro groups is 1. The van der Waals surface area contributed by atoms with E-state index in [-0.39, 0.29) is 5.69 Å². The van der Waals surface area contributed by atoms with Gasteiger partial charge in [0, 0.05) is 16.2 Å². The minimum absolute atomic E-state index is 0.0370. The zero-order valence-electron chi connectivity index (χ0n) is 10.6. The van der Waals surface area contributed by atoms with Crippen LogP contribution in [0.15, 0.2) is 24.3 Å². The van der Waals surface area contributed by atoms with Crippen LogP contribution in [0.25, 0.3) is 0 Å². The van der Waals surface area contributed by atoms with Gasteiger partial charge in [-0.2, -0.15) is 0 Å². The third-order valence-corrected chi connectivity index (χ3v) is 1.80. The number of rotatable bonds is 1. The lowest BCUT2D eigenvalue weighted by molar-refractivity contribution is -0.384. The lowest BCUT2D eigenvalue weighted by Gasteiger charge is -2.18. The lowest BCUT2D eigenvalue weighted by Crippen LogP contribution is -2.10. The maximum Gasteiger partial charge on any atom is 0.269 e. The van der Waals surface area contributed by atoms with E-state index in [1.54, 1.807) is 13.8 Å². The van der Waals surface area contributed by atoms with E-state index in [1.807, 2.05) is 0 Å². The zero-order chi connectivity index (χ0) is 12.6. The van der Waals surface area contributed by atoms with Crippen molar-refractivity contribution in [3.8, 4) is 0 Å². The van der Waals surface area contributed by atoms with Crippen LogP contribution in [0.4, 0.5) is 5.69 Å². The van der Waals surface area contributed by atoms with Gasteiger partial charge in [0.1, 0.15) is 0 Å². The standard InChI is InChI=1S/C10H13NO2/c1-10(2,3)8-4-6-9(7-5-8)11(12)13/h4-7H,1-3H3/i1D3. The number of hydrogen-bond acceptors (Lipinski definition) is 2. The molecule has 0 aliphatic heterocycles. The molecule has 0 saturated heterocycles. The van der Waals surface area contributed by atoms with Gasteiger partial charge in [0.15, 0.2) is 0 Å². The third-order valence-electron chi connectivity index (χ3n) is 1.80. The van der Waals surface area contributed by atoms with E-state index in [1.165, 1.54) is 24.3 Å². The number of benzene rings is 1. The summed E-state index contributed by atoms with van der Waals surface area (Å²) in [6.07, 6.45) is 0. The summed E-state index contributed by atoms with van der Waals surface area (Å²) >= 11 is 0. The molecular weight excluding hydrogens is 166 g/mol. The number of nitro benzene ring substituents is 1. The van der Waals surface area contributed by atoms with E-state index in [0.29, 0.717) is 5.56 Å². The van der Waals surface area contributed by atoms with E-state index >= 15 is 0 Å². The molecule has 3 heteroatoms. The molecule has 0 bridgehead atoms. The third kappa shape index (κ3) is 2.28. The van der Waals surface area contributed by atoms with Gasteiger partial charge >= 0.3 is 0 Å². The average Bonchev–Trinajstić information content (AvgIpc) is 2.16. The van der Waals surface area contributed by atoms with Gasteiger partial charge in [0.2, 0.25) is 0 Å². The van der Waals surface area contributed by atoms with Gasteiger partial charge in [-0.1, -0.05) is 32.8 Å². The van der Waals surface area contributed by atoms with Crippen LogP contribution >= 0.6 is 0 Å². The largest absolute Gasteiger partial charge is 0.269 e. The minimum atomic E-state index is -2.14. The van der Waals surface area contributed by atoms with Crippen LogP contribution < -0.4 is 0 Å².